The standard InChI is InChI=1S/C24H33N7O3S/c1-15(2)13-34-11-5-8-25-22(32)19-14-35-23(26-19)18-6-9-30(10-7-18)24(33)21-17(4)31-20(27-28-21)12-16(3)29-31/h12,14-15,18H,5-11,13H2,1-4H3,(H,25,32). The lowest BCUT2D eigenvalue weighted by Gasteiger charge is -2.31. The van der Waals surface area contributed by atoms with Crippen LogP contribution in [-0.4, -0.2) is 74.4 Å². The van der Waals surface area contributed by atoms with E-state index in [-0.39, 0.29) is 17.7 Å². The molecule has 0 saturated carbocycles. The topological polar surface area (TPSA) is 115 Å². The minimum atomic E-state index is -0.151. The van der Waals surface area contributed by atoms with Crippen molar-refractivity contribution in [2.45, 2.75) is 52.9 Å². The summed E-state index contributed by atoms with van der Waals surface area (Å²) in [6.07, 6.45) is 2.37. The molecule has 3 aromatic rings. The smallest absolute Gasteiger partial charge is 0.276 e. The number of carbonyl (C=O) groups excluding carboxylic acids is 2. The zero-order chi connectivity index (χ0) is 24.9. The van der Waals surface area contributed by atoms with E-state index in [9.17, 15) is 9.59 Å². The molecule has 4 heterocycles. The summed E-state index contributed by atoms with van der Waals surface area (Å²) in [5.74, 6) is 0.470. The molecule has 0 spiro atoms. The normalized spacial score (nSPS) is 14.7. The van der Waals surface area contributed by atoms with E-state index >= 15 is 0 Å². The lowest BCUT2D eigenvalue weighted by molar-refractivity contribution is 0.0704. The lowest BCUT2D eigenvalue weighted by Crippen LogP contribution is -2.39. The summed E-state index contributed by atoms with van der Waals surface area (Å²) < 4.78 is 7.21. The van der Waals surface area contributed by atoms with Gasteiger partial charge < -0.3 is 15.0 Å². The Morgan fingerprint density at radius 2 is 2.00 bits per heavy atom. The van der Waals surface area contributed by atoms with Crippen LogP contribution in [0.4, 0.5) is 0 Å². The maximum atomic E-state index is 13.1. The van der Waals surface area contributed by atoms with E-state index in [1.165, 1.54) is 11.3 Å². The molecule has 188 valence electrons. The minimum absolute atomic E-state index is 0.125. The molecule has 4 rings (SSSR count). The van der Waals surface area contributed by atoms with E-state index in [1.54, 1.807) is 4.52 Å². The number of aromatic nitrogens is 5. The number of amides is 2. The summed E-state index contributed by atoms with van der Waals surface area (Å²) in [5.41, 5.74) is 2.96. The van der Waals surface area contributed by atoms with Crippen LogP contribution < -0.4 is 5.32 Å². The molecule has 3 aromatic heterocycles. The van der Waals surface area contributed by atoms with Gasteiger partial charge in [-0.05, 0) is 39.0 Å². The average molecular weight is 500 g/mol. The van der Waals surface area contributed by atoms with Gasteiger partial charge in [-0.2, -0.15) is 5.10 Å². The first kappa shape index (κ1) is 25.2. The van der Waals surface area contributed by atoms with Crippen molar-refractivity contribution in [2.24, 2.45) is 5.92 Å². The molecule has 11 heteroatoms. The number of piperidine rings is 1. The van der Waals surface area contributed by atoms with Crippen molar-refractivity contribution in [3.63, 3.8) is 0 Å². The number of hydrogen-bond donors (Lipinski definition) is 1. The van der Waals surface area contributed by atoms with Gasteiger partial charge >= 0.3 is 0 Å². The molecule has 1 aliphatic rings. The van der Waals surface area contributed by atoms with Crippen molar-refractivity contribution in [3.8, 4) is 0 Å². The number of likely N-dealkylation sites (tertiary alicyclic amines) is 1. The molecule has 10 nitrogen and oxygen atoms in total. The number of hydrogen-bond acceptors (Lipinski definition) is 8. The molecule has 1 N–H and O–H groups in total. The van der Waals surface area contributed by atoms with E-state index in [0.29, 0.717) is 54.9 Å². The zero-order valence-corrected chi connectivity index (χ0v) is 21.6. The molecular weight excluding hydrogens is 466 g/mol. The predicted molar refractivity (Wildman–Crippen MR) is 133 cm³/mol. The van der Waals surface area contributed by atoms with Crippen molar-refractivity contribution < 1.29 is 14.3 Å². The Morgan fingerprint density at radius 1 is 1.23 bits per heavy atom. The highest BCUT2D eigenvalue weighted by Crippen LogP contribution is 2.31. The first-order chi connectivity index (χ1) is 16.8. The van der Waals surface area contributed by atoms with Crippen molar-refractivity contribution in [2.75, 3.05) is 32.8 Å². The second-order valence-corrected chi connectivity index (χ2v) is 10.3. The molecule has 0 radical (unpaired) electrons. The van der Waals surface area contributed by atoms with Crippen LogP contribution in [0.25, 0.3) is 5.65 Å². The van der Waals surface area contributed by atoms with Crippen molar-refractivity contribution in [1.82, 2.24) is 35.0 Å². The van der Waals surface area contributed by atoms with Gasteiger partial charge in [0.05, 0.1) is 16.4 Å². The molecular formula is C24H33N7O3S. The summed E-state index contributed by atoms with van der Waals surface area (Å²) in [5, 5.41) is 18.4. The third-order valence-corrected chi connectivity index (χ3v) is 7.02. The molecule has 0 bridgehead atoms. The molecule has 2 amide bonds. The maximum absolute atomic E-state index is 13.1. The van der Waals surface area contributed by atoms with Gasteiger partial charge in [-0.15, -0.1) is 21.5 Å². The van der Waals surface area contributed by atoms with Crippen LogP contribution in [0.2, 0.25) is 0 Å². The van der Waals surface area contributed by atoms with E-state index in [1.807, 2.05) is 30.2 Å². The van der Waals surface area contributed by atoms with E-state index < -0.39 is 0 Å². The number of fused-ring (bicyclic) bond motifs is 1. The van der Waals surface area contributed by atoms with Gasteiger partial charge in [0.25, 0.3) is 11.8 Å². The highest BCUT2D eigenvalue weighted by Gasteiger charge is 2.29. The molecule has 0 aliphatic carbocycles. The van der Waals surface area contributed by atoms with Gasteiger partial charge in [0.1, 0.15) is 5.69 Å². The second-order valence-electron chi connectivity index (χ2n) is 9.41. The largest absolute Gasteiger partial charge is 0.381 e. The number of nitrogens with zero attached hydrogens (tertiary/aromatic N) is 6. The quantitative estimate of drug-likeness (QED) is 0.450. The Morgan fingerprint density at radius 3 is 2.74 bits per heavy atom. The van der Waals surface area contributed by atoms with Gasteiger partial charge in [0.15, 0.2) is 11.3 Å². The first-order valence-corrected chi connectivity index (χ1v) is 13.0. The van der Waals surface area contributed by atoms with Gasteiger partial charge in [-0.25, -0.2) is 9.50 Å². The Hall–Kier alpha value is -2.92. The van der Waals surface area contributed by atoms with Crippen molar-refractivity contribution >= 4 is 28.8 Å². The number of aryl methyl sites for hydroxylation is 2. The monoisotopic (exact) mass is 499 g/mol. The van der Waals surface area contributed by atoms with Crippen LogP contribution in [-0.2, 0) is 4.74 Å². The molecule has 0 aromatic carbocycles. The maximum Gasteiger partial charge on any atom is 0.276 e. The fourth-order valence-electron chi connectivity index (χ4n) is 4.12. The molecule has 1 aliphatic heterocycles. The number of rotatable bonds is 9. The van der Waals surface area contributed by atoms with Crippen LogP contribution in [0.5, 0.6) is 0 Å². The van der Waals surface area contributed by atoms with E-state index in [4.69, 9.17) is 4.74 Å². The predicted octanol–water partition coefficient (Wildman–Crippen LogP) is 3.01. The van der Waals surface area contributed by atoms with Crippen LogP contribution in [0.15, 0.2) is 11.4 Å². The fraction of sp³-hybridized carbons (Fsp3) is 0.583. The van der Waals surface area contributed by atoms with E-state index in [0.717, 1.165) is 36.6 Å². The zero-order valence-electron chi connectivity index (χ0n) is 20.8. The van der Waals surface area contributed by atoms with Gasteiger partial charge in [0.2, 0.25) is 0 Å². The molecule has 0 atom stereocenters. The number of nitrogens with one attached hydrogen (secondary N) is 1. The fourth-order valence-corrected chi connectivity index (χ4v) is 5.09. The number of carbonyl (C=O) groups is 2. The summed E-state index contributed by atoms with van der Waals surface area (Å²) >= 11 is 1.51. The molecule has 1 fully saturated rings. The van der Waals surface area contributed by atoms with Gasteiger partial charge in [-0.1, -0.05) is 13.8 Å². The summed E-state index contributed by atoms with van der Waals surface area (Å²) in [7, 11) is 0. The Balaban J connectivity index is 1.27. The molecule has 35 heavy (non-hydrogen) atoms. The Labute approximate surface area is 209 Å². The summed E-state index contributed by atoms with van der Waals surface area (Å²) in [6, 6.07) is 1.84. The summed E-state index contributed by atoms with van der Waals surface area (Å²) in [6.45, 7) is 11.1. The molecule has 1 saturated heterocycles. The van der Waals surface area contributed by atoms with Gasteiger partial charge in [-0.3, -0.25) is 9.59 Å². The Kier molecular flexibility index (Phi) is 8.07. The van der Waals surface area contributed by atoms with Crippen LogP contribution in [0, 0.1) is 19.8 Å². The van der Waals surface area contributed by atoms with E-state index in [2.05, 4.69) is 39.4 Å². The number of ether oxygens (including phenoxy) is 1. The third kappa shape index (κ3) is 6.02. The van der Waals surface area contributed by atoms with Crippen LogP contribution >= 0.6 is 11.3 Å². The second kappa shape index (κ2) is 11.2. The first-order valence-electron chi connectivity index (χ1n) is 12.1. The summed E-state index contributed by atoms with van der Waals surface area (Å²) in [4.78, 5) is 31.9. The Bertz CT molecular complexity index is 1180. The van der Waals surface area contributed by atoms with Gasteiger partial charge in [0, 0.05) is 50.2 Å². The highest BCUT2D eigenvalue weighted by atomic mass is 32.1. The van der Waals surface area contributed by atoms with Crippen LogP contribution in [0.3, 0.4) is 0 Å². The SMILES string of the molecule is Cc1cc2nnc(C(=O)N3CCC(c4nc(C(=O)NCCCOCC(C)C)cs4)CC3)c(C)n2n1. The lowest BCUT2D eigenvalue weighted by atomic mass is 9.97. The van der Waals surface area contributed by atoms with Crippen molar-refractivity contribution in [3.05, 3.63) is 39.2 Å². The minimum Gasteiger partial charge on any atom is -0.381 e. The highest BCUT2D eigenvalue weighted by molar-refractivity contribution is 7.09. The van der Waals surface area contributed by atoms with Crippen LogP contribution in [0.1, 0.15) is 76.4 Å². The molecule has 0 unspecified atom stereocenters. The number of thiazole rings is 1. The average Bonchev–Trinajstić information content (AvgIpc) is 3.48. The third-order valence-electron chi connectivity index (χ3n) is 6.02. The van der Waals surface area contributed by atoms with Crippen molar-refractivity contribution in [1.29, 1.82) is 0 Å².